The second-order valence-corrected chi connectivity index (χ2v) is 8.77. The van der Waals surface area contributed by atoms with E-state index in [-0.39, 0.29) is 12.0 Å². The van der Waals surface area contributed by atoms with Crippen LogP contribution in [0.5, 0.6) is 0 Å². The van der Waals surface area contributed by atoms with Crippen LogP contribution in [0, 0.1) is 11.3 Å². The van der Waals surface area contributed by atoms with Crippen LogP contribution in [0.3, 0.4) is 0 Å². The van der Waals surface area contributed by atoms with E-state index in [2.05, 4.69) is 21.7 Å². The Kier molecular flexibility index (Phi) is 6.86. The van der Waals surface area contributed by atoms with E-state index in [4.69, 9.17) is 4.74 Å². The molecule has 3 aromatic heterocycles. The minimum absolute atomic E-state index is 0.273. The van der Waals surface area contributed by atoms with Crippen molar-refractivity contribution in [1.82, 2.24) is 14.9 Å². The quantitative estimate of drug-likeness (QED) is 0.543. The van der Waals surface area contributed by atoms with Crippen molar-refractivity contribution < 1.29 is 14.3 Å². The van der Waals surface area contributed by atoms with Crippen LogP contribution in [0.1, 0.15) is 33.7 Å². The fourth-order valence-electron chi connectivity index (χ4n) is 3.70. The van der Waals surface area contributed by atoms with Crippen LogP contribution >= 0.6 is 11.3 Å². The zero-order valence-corrected chi connectivity index (χ0v) is 18.9. The Bertz CT molecular complexity index is 1220. The van der Waals surface area contributed by atoms with E-state index in [0.29, 0.717) is 36.4 Å². The van der Waals surface area contributed by atoms with Gasteiger partial charge in [-0.2, -0.15) is 5.26 Å². The highest BCUT2D eigenvalue weighted by atomic mass is 32.1. The molecule has 0 fully saturated rings. The number of rotatable bonds is 6. The molecule has 3 aromatic rings. The number of ether oxygens (including phenoxy) is 1. The third-order valence-corrected chi connectivity index (χ3v) is 6.59. The van der Waals surface area contributed by atoms with E-state index < -0.39 is 6.09 Å². The average molecular weight is 462 g/mol. The normalized spacial score (nSPS) is 15.0. The Morgan fingerprint density at radius 2 is 2.27 bits per heavy atom. The summed E-state index contributed by atoms with van der Waals surface area (Å²) < 4.78 is 7.53. The second kappa shape index (κ2) is 10.1. The zero-order chi connectivity index (χ0) is 23.2. The number of nitrogens with zero attached hydrogens (tertiary/aromatic N) is 3. The third kappa shape index (κ3) is 5.48. The minimum atomic E-state index is -0.462. The van der Waals surface area contributed by atoms with Gasteiger partial charge in [-0.05, 0) is 48.2 Å². The predicted molar refractivity (Wildman–Crippen MR) is 125 cm³/mol. The first-order valence-electron chi connectivity index (χ1n) is 10.5. The van der Waals surface area contributed by atoms with E-state index >= 15 is 0 Å². The maximum atomic E-state index is 12.4. The molecular weight excluding hydrogens is 438 g/mol. The van der Waals surface area contributed by atoms with E-state index in [0.717, 1.165) is 21.7 Å². The molecule has 0 saturated carbocycles. The van der Waals surface area contributed by atoms with Gasteiger partial charge in [0.1, 0.15) is 17.2 Å². The van der Waals surface area contributed by atoms with Gasteiger partial charge in [0.25, 0.3) is 0 Å². The van der Waals surface area contributed by atoms with Gasteiger partial charge in [-0.3, -0.25) is 9.78 Å². The van der Waals surface area contributed by atoms with Gasteiger partial charge in [-0.1, -0.05) is 6.07 Å². The number of nitriles is 1. The number of nitrogens with one attached hydrogen (secondary N) is 2. The van der Waals surface area contributed by atoms with Gasteiger partial charge >= 0.3 is 6.09 Å². The first-order valence-corrected chi connectivity index (χ1v) is 11.3. The lowest BCUT2D eigenvalue weighted by molar-refractivity contribution is -0.111. The van der Waals surface area contributed by atoms with Crippen molar-refractivity contribution in [1.29, 1.82) is 5.26 Å². The molecule has 0 aliphatic heterocycles. The molecule has 33 heavy (non-hydrogen) atoms. The maximum Gasteiger partial charge on any atom is 0.407 e. The highest BCUT2D eigenvalue weighted by Crippen LogP contribution is 2.38. The van der Waals surface area contributed by atoms with Crippen LogP contribution in [0.2, 0.25) is 0 Å². The number of amides is 2. The first kappa shape index (κ1) is 22.3. The third-order valence-electron chi connectivity index (χ3n) is 5.42. The van der Waals surface area contributed by atoms with E-state index in [1.54, 1.807) is 24.5 Å². The Morgan fingerprint density at radius 3 is 3.00 bits per heavy atom. The maximum absolute atomic E-state index is 12.4. The summed E-state index contributed by atoms with van der Waals surface area (Å²) in [6.07, 6.45) is 9.35. The molecule has 1 unspecified atom stereocenters. The SMILES string of the molecule is Cn1cccc1CNC(=O)OC1CCc2c(sc(NC(=O)C=Cc3cccnc3)c2C#N)C1. The van der Waals surface area contributed by atoms with Gasteiger partial charge in [0.05, 0.1) is 12.1 Å². The van der Waals surface area contributed by atoms with Gasteiger partial charge < -0.3 is 19.9 Å². The average Bonchev–Trinajstić information content (AvgIpc) is 3.38. The fraction of sp³-hybridized carbons (Fsp3) is 0.250. The van der Waals surface area contributed by atoms with Crippen molar-refractivity contribution >= 4 is 34.4 Å². The van der Waals surface area contributed by atoms with Crippen molar-refractivity contribution in [2.24, 2.45) is 7.05 Å². The van der Waals surface area contributed by atoms with Crippen LogP contribution in [0.4, 0.5) is 9.80 Å². The van der Waals surface area contributed by atoms with Crippen molar-refractivity contribution in [3.8, 4) is 6.07 Å². The number of alkyl carbamates (subject to hydrolysis) is 1. The lowest BCUT2D eigenvalue weighted by Crippen LogP contribution is -2.32. The Hall–Kier alpha value is -3.90. The van der Waals surface area contributed by atoms with Crippen molar-refractivity contribution in [3.05, 3.63) is 76.2 Å². The van der Waals surface area contributed by atoms with Gasteiger partial charge in [-0.25, -0.2) is 4.79 Å². The van der Waals surface area contributed by atoms with Crippen LogP contribution in [0.25, 0.3) is 6.08 Å². The number of aryl methyl sites for hydroxylation is 1. The van der Waals surface area contributed by atoms with Gasteiger partial charge in [0.2, 0.25) is 5.91 Å². The molecular formula is C24H23N5O3S. The smallest absolute Gasteiger partial charge is 0.407 e. The summed E-state index contributed by atoms with van der Waals surface area (Å²) in [5.74, 6) is -0.318. The summed E-state index contributed by atoms with van der Waals surface area (Å²) in [7, 11) is 1.92. The molecule has 0 radical (unpaired) electrons. The minimum Gasteiger partial charge on any atom is -0.446 e. The summed E-state index contributed by atoms with van der Waals surface area (Å²) in [5.41, 5.74) is 3.21. The summed E-state index contributed by atoms with van der Waals surface area (Å²) in [4.78, 5) is 29.6. The molecule has 8 nitrogen and oxygen atoms in total. The summed E-state index contributed by atoms with van der Waals surface area (Å²) in [6, 6.07) is 9.71. The molecule has 3 heterocycles. The van der Waals surface area contributed by atoms with E-state index in [1.165, 1.54) is 17.4 Å². The van der Waals surface area contributed by atoms with Gasteiger partial charge in [0, 0.05) is 48.7 Å². The Balaban J connectivity index is 1.36. The van der Waals surface area contributed by atoms with Crippen LogP contribution in [-0.2, 0) is 36.0 Å². The van der Waals surface area contributed by atoms with Gasteiger partial charge in [0.15, 0.2) is 0 Å². The molecule has 0 saturated heterocycles. The summed E-state index contributed by atoms with van der Waals surface area (Å²) in [6.45, 7) is 0.390. The van der Waals surface area contributed by atoms with E-state index in [1.807, 2.05) is 36.0 Å². The van der Waals surface area contributed by atoms with E-state index in [9.17, 15) is 14.9 Å². The predicted octanol–water partition coefficient (Wildman–Crippen LogP) is 3.79. The molecule has 9 heteroatoms. The lowest BCUT2D eigenvalue weighted by atomic mass is 9.94. The molecule has 1 aliphatic rings. The van der Waals surface area contributed by atoms with Crippen LogP contribution in [0.15, 0.2) is 48.9 Å². The monoisotopic (exact) mass is 461 g/mol. The highest BCUT2D eigenvalue weighted by Gasteiger charge is 2.28. The van der Waals surface area contributed by atoms with Crippen LogP contribution < -0.4 is 10.6 Å². The molecule has 1 atom stereocenters. The lowest BCUT2D eigenvalue weighted by Gasteiger charge is -2.22. The number of aromatic nitrogens is 2. The Morgan fingerprint density at radius 1 is 1.39 bits per heavy atom. The first-order chi connectivity index (χ1) is 16.0. The number of carbonyl (C=O) groups is 2. The Labute approximate surface area is 195 Å². The van der Waals surface area contributed by atoms with Crippen molar-refractivity contribution in [2.45, 2.75) is 31.9 Å². The number of carbonyl (C=O) groups excluding carboxylic acids is 2. The number of pyridine rings is 1. The van der Waals surface area contributed by atoms with Crippen molar-refractivity contribution in [2.75, 3.05) is 5.32 Å². The number of thiophene rings is 1. The number of hydrogen-bond donors (Lipinski definition) is 2. The summed E-state index contributed by atoms with van der Waals surface area (Å²) in [5, 5.41) is 15.8. The van der Waals surface area contributed by atoms with Gasteiger partial charge in [-0.15, -0.1) is 11.3 Å². The fourth-order valence-corrected chi connectivity index (χ4v) is 4.96. The molecule has 2 amide bonds. The topological polar surface area (TPSA) is 109 Å². The highest BCUT2D eigenvalue weighted by molar-refractivity contribution is 7.16. The van der Waals surface area contributed by atoms with Crippen molar-refractivity contribution in [3.63, 3.8) is 0 Å². The zero-order valence-electron chi connectivity index (χ0n) is 18.1. The number of hydrogen-bond acceptors (Lipinski definition) is 6. The molecule has 2 N–H and O–H groups in total. The molecule has 0 aromatic carbocycles. The van der Waals surface area contributed by atoms with Crippen LogP contribution in [-0.4, -0.2) is 27.7 Å². The number of anilines is 1. The summed E-state index contributed by atoms with van der Waals surface area (Å²) >= 11 is 1.36. The molecule has 0 bridgehead atoms. The number of fused-ring (bicyclic) bond motifs is 1. The molecule has 0 spiro atoms. The standard InChI is InChI=1S/C24H23N5O3S/c1-29-11-3-5-17(29)15-27-24(31)32-18-7-8-19-20(13-25)23(33-21(19)12-18)28-22(30)9-6-16-4-2-10-26-14-16/h2-6,9-11,14,18H,7-8,12,15H2,1H3,(H,27,31)(H,28,30). The molecule has 168 valence electrons. The largest absolute Gasteiger partial charge is 0.446 e. The molecule has 1 aliphatic carbocycles. The second-order valence-electron chi connectivity index (χ2n) is 7.66. The molecule has 4 rings (SSSR count).